The third kappa shape index (κ3) is 3.82. The second kappa shape index (κ2) is 8.30. The molecule has 0 aliphatic carbocycles. The Kier molecular flexibility index (Phi) is 5.57. The minimum absolute atomic E-state index is 0.0617. The highest BCUT2D eigenvalue weighted by atomic mass is 35.5. The van der Waals surface area contributed by atoms with Crippen LogP contribution >= 0.6 is 23.2 Å². The number of imide groups is 1. The van der Waals surface area contributed by atoms with Crippen LogP contribution in [0.25, 0.3) is 5.57 Å². The number of para-hydroxylation sites is 1. The number of anilines is 1. The van der Waals surface area contributed by atoms with Gasteiger partial charge >= 0.3 is 0 Å². The van der Waals surface area contributed by atoms with Gasteiger partial charge in [-0.1, -0.05) is 53.5 Å². The summed E-state index contributed by atoms with van der Waals surface area (Å²) in [5.74, 6) is -0.874. The van der Waals surface area contributed by atoms with Gasteiger partial charge in [0.2, 0.25) is 0 Å². The van der Waals surface area contributed by atoms with Crippen molar-refractivity contribution in [3.63, 3.8) is 0 Å². The fourth-order valence-corrected chi connectivity index (χ4v) is 3.78. The largest absolute Gasteiger partial charge is 0.350 e. The zero-order valence-corrected chi connectivity index (χ0v) is 17.5. The predicted molar refractivity (Wildman–Crippen MR) is 118 cm³/mol. The van der Waals surface area contributed by atoms with Gasteiger partial charge in [-0.05, 0) is 42.8 Å². The molecule has 30 heavy (non-hydrogen) atoms. The Labute approximate surface area is 183 Å². The number of rotatable bonds is 5. The van der Waals surface area contributed by atoms with Crippen LogP contribution in [-0.2, 0) is 16.1 Å². The zero-order valence-electron chi connectivity index (χ0n) is 16.0. The summed E-state index contributed by atoms with van der Waals surface area (Å²) in [5.41, 5.74) is 3.11. The average molecular weight is 438 g/mol. The van der Waals surface area contributed by atoms with E-state index in [-0.39, 0.29) is 17.8 Å². The van der Waals surface area contributed by atoms with E-state index in [0.717, 1.165) is 11.3 Å². The Bertz CT molecular complexity index is 1180. The second-order valence-electron chi connectivity index (χ2n) is 6.83. The number of carbonyl (C=O) groups excluding carboxylic acids is 2. The third-order valence-corrected chi connectivity index (χ3v) is 5.37. The monoisotopic (exact) mass is 437 g/mol. The molecule has 4 rings (SSSR count). The number of pyridine rings is 1. The molecule has 2 amide bonds. The molecule has 2 aromatic carbocycles. The van der Waals surface area contributed by atoms with E-state index in [1.54, 1.807) is 36.5 Å². The van der Waals surface area contributed by atoms with Gasteiger partial charge in [-0.15, -0.1) is 0 Å². The van der Waals surface area contributed by atoms with Crippen LogP contribution in [0.1, 0.15) is 16.8 Å². The molecule has 1 aliphatic heterocycles. The maximum atomic E-state index is 13.3. The lowest BCUT2D eigenvalue weighted by Crippen LogP contribution is -2.32. The normalized spacial score (nSPS) is 13.9. The van der Waals surface area contributed by atoms with E-state index in [4.69, 9.17) is 23.2 Å². The van der Waals surface area contributed by atoms with E-state index in [0.29, 0.717) is 21.3 Å². The number of nitrogens with one attached hydrogen (secondary N) is 1. The fourth-order valence-electron chi connectivity index (χ4n) is 3.28. The quantitative estimate of drug-likeness (QED) is 0.564. The topological polar surface area (TPSA) is 62.3 Å². The maximum Gasteiger partial charge on any atom is 0.278 e. The molecule has 2 heterocycles. The summed E-state index contributed by atoms with van der Waals surface area (Å²) in [7, 11) is 0. The van der Waals surface area contributed by atoms with Crippen molar-refractivity contribution in [2.75, 3.05) is 5.32 Å². The lowest BCUT2D eigenvalue weighted by Gasteiger charge is -2.15. The Morgan fingerprint density at radius 3 is 2.43 bits per heavy atom. The number of benzene rings is 2. The first-order chi connectivity index (χ1) is 14.5. The van der Waals surface area contributed by atoms with Crippen LogP contribution in [-0.4, -0.2) is 21.7 Å². The van der Waals surface area contributed by atoms with Gasteiger partial charge in [0.1, 0.15) is 5.70 Å². The first-order valence-corrected chi connectivity index (χ1v) is 10.00. The molecule has 0 radical (unpaired) electrons. The van der Waals surface area contributed by atoms with Crippen molar-refractivity contribution in [1.82, 2.24) is 9.88 Å². The number of halogens is 2. The molecule has 0 saturated heterocycles. The Morgan fingerprint density at radius 1 is 0.967 bits per heavy atom. The van der Waals surface area contributed by atoms with Crippen molar-refractivity contribution in [3.05, 3.63) is 99.4 Å². The van der Waals surface area contributed by atoms with Crippen LogP contribution in [0.2, 0.25) is 10.0 Å². The predicted octanol–water partition coefficient (Wildman–Crippen LogP) is 5.09. The SMILES string of the molecule is Cc1ccccc1NC1=C(c2ccc(Cl)cc2Cl)C(=O)N(Cc2ccccn2)C1=O. The molecule has 3 aromatic rings. The molecule has 1 N–H and O–H groups in total. The van der Waals surface area contributed by atoms with Gasteiger partial charge in [0.25, 0.3) is 11.8 Å². The summed E-state index contributed by atoms with van der Waals surface area (Å²) in [5, 5.41) is 3.89. The van der Waals surface area contributed by atoms with E-state index >= 15 is 0 Å². The fraction of sp³-hybridized carbons (Fsp3) is 0.0870. The van der Waals surface area contributed by atoms with Gasteiger partial charge in [-0.2, -0.15) is 0 Å². The van der Waals surface area contributed by atoms with Crippen LogP contribution in [0.5, 0.6) is 0 Å². The lowest BCUT2D eigenvalue weighted by atomic mass is 10.0. The van der Waals surface area contributed by atoms with Gasteiger partial charge in [0.15, 0.2) is 0 Å². The highest BCUT2D eigenvalue weighted by Gasteiger charge is 2.40. The van der Waals surface area contributed by atoms with E-state index < -0.39 is 11.8 Å². The average Bonchev–Trinajstić information content (AvgIpc) is 2.95. The molecule has 0 saturated carbocycles. The molecule has 1 aromatic heterocycles. The molecule has 0 bridgehead atoms. The van der Waals surface area contributed by atoms with Gasteiger partial charge in [-0.25, -0.2) is 0 Å². The number of hydrogen-bond donors (Lipinski definition) is 1. The first-order valence-electron chi connectivity index (χ1n) is 9.24. The standard InChI is InChI=1S/C23H17Cl2N3O2/c1-14-6-2-3-8-19(14)27-21-20(17-10-9-15(24)12-18(17)25)22(29)28(23(21)30)13-16-7-4-5-11-26-16/h2-12,27H,13H2,1H3. The van der Waals surface area contributed by atoms with E-state index in [1.165, 1.54) is 4.90 Å². The minimum atomic E-state index is -0.439. The first kappa shape index (κ1) is 20.1. The summed E-state index contributed by atoms with van der Waals surface area (Å²) in [6.45, 7) is 1.98. The highest BCUT2D eigenvalue weighted by Crippen LogP contribution is 2.36. The van der Waals surface area contributed by atoms with Crippen LogP contribution < -0.4 is 5.32 Å². The molecule has 0 fully saturated rings. The Hall–Kier alpha value is -3.15. The van der Waals surface area contributed by atoms with Crippen LogP contribution in [0.3, 0.4) is 0 Å². The number of amides is 2. The van der Waals surface area contributed by atoms with E-state index in [1.807, 2.05) is 37.3 Å². The molecule has 0 atom stereocenters. The molecule has 5 nitrogen and oxygen atoms in total. The number of aromatic nitrogens is 1. The summed E-state index contributed by atoms with van der Waals surface area (Å²) in [6.07, 6.45) is 1.62. The molecule has 0 unspecified atom stereocenters. The maximum absolute atomic E-state index is 13.3. The number of carbonyl (C=O) groups is 2. The van der Waals surface area contributed by atoms with Crippen molar-refractivity contribution >= 4 is 46.3 Å². The Balaban J connectivity index is 1.80. The molecule has 150 valence electrons. The van der Waals surface area contributed by atoms with Gasteiger partial charge in [0.05, 0.1) is 22.8 Å². The summed E-state index contributed by atoms with van der Waals surface area (Å²) in [4.78, 5) is 32.0. The smallest absolute Gasteiger partial charge is 0.278 e. The minimum Gasteiger partial charge on any atom is -0.350 e. The van der Waals surface area contributed by atoms with Gasteiger partial charge < -0.3 is 5.32 Å². The van der Waals surface area contributed by atoms with Gasteiger partial charge in [-0.3, -0.25) is 19.5 Å². The lowest BCUT2D eigenvalue weighted by molar-refractivity contribution is -0.137. The summed E-state index contributed by atoms with van der Waals surface area (Å²) in [6, 6.07) is 17.7. The molecule has 7 heteroatoms. The number of nitrogens with zero attached hydrogens (tertiary/aromatic N) is 2. The highest BCUT2D eigenvalue weighted by molar-refractivity contribution is 6.41. The van der Waals surface area contributed by atoms with E-state index in [9.17, 15) is 9.59 Å². The van der Waals surface area contributed by atoms with Crippen LogP contribution in [0, 0.1) is 6.92 Å². The third-order valence-electron chi connectivity index (χ3n) is 4.82. The molecule has 0 spiro atoms. The Morgan fingerprint density at radius 2 is 1.73 bits per heavy atom. The van der Waals surface area contributed by atoms with Crippen LogP contribution in [0.4, 0.5) is 5.69 Å². The van der Waals surface area contributed by atoms with Crippen molar-refractivity contribution in [2.24, 2.45) is 0 Å². The van der Waals surface area contributed by atoms with Gasteiger partial charge in [0, 0.05) is 22.5 Å². The van der Waals surface area contributed by atoms with E-state index in [2.05, 4.69) is 10.3 Å². The van der Waals surface area contributed by atoms with Crippen LogP contribution in [0.15, 0.2) is 72.6 Å². The molecule has 1 aliphatic rings. The van der Waals surface area contributed by atoms with Crippen molar-refractivity contribution in [2.45, 2.75) is 13.5 Å². The number of aryl methyl sites for hydroxylation is 1. The van der Waals surface area contributed by atoms with Crippen molar-refractivity contribution in [3.8, 4) is 0 Å². The van der Waals surface area contributed by atoms with Crippen molar-refractivity contribution < 1.29 is 9.59 Å². The van der Waals surface area contributed by atoms with Crippen molar-refractivity contribution in [1.29, 1.82) is 0 Å². The number of hydrogen-bond acceptors (Lipinski definition) is 4. The zero-order chi connectivity index (χ0) is 21.3. The summed E-state index contributed by atoms with van der Waals surface area (Å²) < 4.78 is 0. The summed E-state index contributed by atoms with van der Waals surface area (Å²) >= 11 is 12.4. The molecular weight excluding hydrogens is 421 g/mol. The molecular formula is C23H17Cl2N3O2. The second-order valence-corrected chi connectivity index (χ2v) is 7.68.